The van der Waals surface area contributed by atoms with Gasteiger partial charge in [-0.3, -0.25) is 14.9 Å². The van der Waals surface area contributed by atoms with Gasteiger partial charge in [-0.25, -0.2) is 0 Å². The predicted octanol–water partition coefficient (Wildman–Crippen LogP) is 2.02. The molecule has 1 amide bonds. The van der Waals surface area contributed by atoms with Crippen molar-refractivity contribution < 1.29 is 9.72 Å². The second-order valence-electron chi connectivity index (χ2n) is 5.31. The van der Waals surface area contributed by atoms with Gasteiger partial charge in [-0.15, -0.1) is 5.10 Å². The lowest BCUT2D eigenvalue weighted by molar-refractivity contribution is -0.384. The van der Waals surface area contributed by atoms with Gasteiger partial charge in [0, 0.05) is 19.2 Å². The fourth-order valence-corrected chi connectivity index (χ4v) is 2.30. The smallest absolute Gasteiger partial charge is 0.292 e. The second-order valence-corrected chi connectivity index (χ2v) is 5.31. The summed E-state index contributed by atoms with van der Waals surface area (Å²) in [7, 11) is 0. The molecular formula is C17H16N6O3. The Morgan fingerprint density at radius 2 is 1.81 bits per heavy atom. The van der Waals surface area contributed by atoms with Gasteiger partial charge in [0.15, 0.2) is 5.69 Å². The molecule has 0 spiro atoms. The Morgan fingerprint density at radius 3 is 2.58 bits per heavy atom. The van der Waals surface area contributed by atoms with Crippen LogP contribution in [0, 0.1) is 10.1 Å². The summed E-state index contributed by atoms with van der Waals surface area (Å²) in [6, 6.07) is 15.6. The van der Waals surface area contributed by atoms with E-state index >= 15 is 0 Å². The van der Waals surface area contributed by atoms with Gasteiger partial charge >= 0.3 is 0 Å². The van der Waals surface area contributed by atoms with Crippen LogP contribution in [0.4, 0.5) is 11.4 Å². The van der Waals surface area contributed by atoms with E-state index in [9.17, 15) is 14.9 Å². The molecular weight excluding hydrogens is 336 g/mol. The minimum absolute atomic E-state index is 0.00960. The number of para-hydroxylation sites is 3. The van der Waals surface area contributed by atoms with E-state index in [1.807, 2.05) is 30.3 Å². The normalized spacial score (nSPS) is 10.3. The zero-order valence-corrected chi connectivity index (χ0v) is 13.7. The number of hydrogen-bond donors (Lipinski definition) is 2. The number of amides is 1. The summed E-state index contributed by atoms with van der Waals surface area (Å²) in [6.07, 6.45) is 1.39. The summed E-state index contributed by atoms with van der Waals surface area (Å²) < 4.78 is 0. The van der Waals surface area contributed by atoms with Crippen LogP contribution < -0.4 is 10.6 Å². The van der Waals surface area contributed by atoms with Gasteiger partial charge in [0.2, 0.25) is 0 Å². The highest BCUT2D eigenvalue weighted by molar-refractivity contribution is 5.91. The third-order valence-corrected chi connectivity index (χ3v) is 3.54. The quantitative estimate of drug-likeness (QED) is 0.382. The molecule has 0 atom stereocenters. The lowest BCUT2D eigenvalue weighted by Gasteiger charge is -2.07. The maximum Gasteiger partial charge on any atom is 0.292 e. The number of carbonyl (C=O) groups is 1. The van der Waals surface area contributed by atoms with Gasteiger partial charge in [-0.2, -0.15) is 9.90 Å². The van der Waals surface area contributed by atoms with E-state index < -0.39 is 4.92 Å². The summed E-state index contributed by atoms with van der Waals surface area (Å²) in [6.45, 7) is 0.618. The molecule has 3 aromatic rings. The fraction of sp³-hybridized carbons (Fsp3) is 0.118. The van der Waals surface area contributed by atoms with Crippen molar-refractivity contribution in [3.8, 4) is 5.69 Å². The highest BCUT2D eigenvalue weighted by atomic mass is 16.6. The van der Waals surface area contributed by atoms with Crippen LogP contribution in [0.3, 0.4) is 0 Å². The molecule has 3 rings (SSSR count). The van der Waals surface area contributed by atoms with Crippen molar-refractivity contribution >= 4 is 17.3 Å². The molecule has 0 bridgehead atoms. The van der Waals surface area contributed by atoms with Crippen LogP contribution in [0.5, 0.6) is 0 Å². The van der Waals surface area contributed by atoms with E-state index in [0.717, 1.165) is 5.69 Å². The molecule has 0 aliphatic carbocycles. The fourth-order valence-electron chi connectivity index (χ4n) is 2.30. The molecule has 0 radical (unpaired) electrons. The van der Waals surface area contributed by atoms with Crippen molar-refractivity contribution in [1.82, 2.24) is 20.3 Å². The minimum Gasteiger partial charge on any atom is -0.378 e. The number of nitrogens with one attached hydrogen (secondary N) is 2. The minimum atomic E-state index is -0.456. The Bertz CT molecular complexity index is 910. The first-order chi connectivity index (χ1) is 12.6. The Hall–Kier alpha value is -3.75. The number of benzene rings is 2. The molecule has 26 heavy (non-hydrogen) atoms. The van der Waals surface area contributed by atoms with Crippen molar-refractivity contribution in [3.63, 3.8) is 0 Å². The second kappa shape index (κ2) is 7.88. The van der Waals surface area contributed by atoms with E-state index in [0.29, 0.717) is 12.2 Å². The molecule has 2 aromatic carbocycles. The average molecular weight is 352 g/mol. The Labute approximate surface area is 148 Å². The van der Waals surface area contributed by atoms with Gasteiger partial charge in [-0.05, 0) is 18.2 Å². The van der Waals surface area contributed by atoms with E-state index in [2.05, 4.69) is 20.8 Å². The largest absolute Gasteiger partial charge is 0.378 e. The van der Waals surface area contributed by atoms with Crippen molar-refractivity contribution in [2.75, 3.05) is 18.4 Å². The maximum absolute atomic E-state index is 12.1. The summed E-state index contributed by atoms with van der Waals surface area (Å²) in [5.41, 5.74) is 1.34. The summed E-state index contributed by atoms with van der Waals surface area (Å²) in [4.78, 5) is 24.0. The number of anilines is 1. The molecule has 1 aromatic heterocycles. The summed E-state index contributed by atoms with van der Waals surface area (Å²) >= 11 is 0. The topological polar surface area (TPSA) is 115 Å². The zero-order valence-electron chi connectivity index (χ0n) is 13.7. The van der Waals surface area contributed by atoms with Gasteiger partial charge in [0.25, 0.3) is 11.6 Å². The van der Waals surface area contributed by atoms with E-state index in [4.69, 9.17) is 0 Å². The Kier molecular flexibility index (Phi) is 5.18. The van der Waals surface area contributed by atoms with Crippen molar-refractivity contribution in [1.29, 1.82) is 0 Å². The average Bonchev–Trinajstić information content (AvgIpc) is 3.16. The lowest BCUT2D eigenvalue weighted by atomic mass is 10.2. The van der Waals surface area contributed by atoms with Crippen LogP contribution in [0.25, 0.3) is 5.69 Å². The van der Waals surface area contributed by atoms with Crippen LogP contribution in [0.2, 0.25) is 0 Å². The van der Waals surface area contributed by atoms with Gasteiger partial charge < -0.3 is 10.6 Å². The van der Waals surface area contributed by atoms with Gasteiger partial charge in [0.1, 0.15) is 5.69 Å². The first-order valence-electron chi connectivity index (χ1n) is 7.88. The molecule has 0 aliphatic heterocycles. The van der Waals surface area contributed by atoms with Gasteiger partial charge in [0.05, 0.1) is 16.8 Å². The molecule has 1 heterocycles. The first-order valence-corrected chi connectivity index (χ1v) is 7.88. The summed E-state index contributed by atoms with van der Waals surface area (Å²) in [5, 5.41) is 24.8. The number of nitro groups is 1. The van der Waals surface area contributed by atoms with Crippen molar-refractivity contribution in [3.05, 3.63) is 76.6 Å². The number of nitrogens with zero attached hydrogens (tertiary/aromatic N) is 4. The molecule has 0 fully saturated rings. The third-order valence-electron chi connectivity index (χ3n) is 3.54. The third kappa shape index (κ3) is 4.01. The van der Waals surface area contributed by atoms with Crippen LogP contribution >= 0.6 is 0 Å². The Morgan fingerprint density at radius 1 is 1.08 bits per heavy atom. The molecule has 0 unspecified atom stereocenters. The van der Waals surface area contributed by atoms with E-state index in [1.165, 1.54) is 17.1 Å². The number of carbonyl (C=O) groups excluding carboxylic acids is 1. The number of rotatable bonds is 7. The maximum atomic E-state index is 12.1. The molecule has 0 saturated heterocycles. The van der Waals surface area contributed by atoms with Crippen LogP contribution in [0.15, 0.2) is 60.8 Å². The van der Waals surface area contributed by atoms with Crippen molar-refractivity contribution in [2.24, 2.45) is 0 Å². The van der Waals surface area contributed by atoms with Crippen LogP contribution in [0.1, 0.15) is 10.5 Å². The van der Waals surface area contributed by atoms with Crippen molar-refractivity contribution in [2.45, 2.75) is 0 Å². The summed E-state index contributed by atoms with van der Waals surface area (Å²) in [5.74, 6) is -0.364. The molecule has 9 nitrogen and oxygen atoms in total. The number of nitro benzene ring substituents is 1. The highest BCUT2D eigenvalue weighted by Gasteiger charge is 2.13. The molecule has 132 valence electrons. The zero-order chi connectivity index (χ0) is 18.4. The van der Waals surface area contributed by atoms with Gasteiger partial charge in [-0.1, -0.05) is 30.3 Å². The highest BCUT2D eigenvalue weighted by Crippen LogP contribution is 2.22. The van der Waals surface area contributed by atoms with E-state index in [-0.39, 0.29) is 23.8 Å². The SMILES string of the molecule is O=C(NCCNc1ccccc1[N+](=O)[O-])c1cnn(-c2ccccc2)n1. The van der Waals surface area contributed by atoms with Crippen LogP contribution in [-0.4, -0.2) is 38.9 Å². The Balaban J connectivity index is 1.52. The molecule has 9 heteroatoms. The molecule has 0 saturated carbocycles. The monoisotopic (exact) mass is 352 g/mol. The van der Waals surface area contributed by atoms with E-state index in [1.54, 1.807) is 18.2 Å². The lowest BCUT2D eigenvalue weighted by Crippen LogP contribution is -2.29. The van der Waals surface area contributed by atoms with Crippen LogP contribution in [-0.2, 0) is 0 Å². The molecule has 2 N–H and O–H groups in total. The standard InChI is InChI=1S/C17H16N6O3/c24-17(15-12-20-22(21-15)13-6-2-1-3-7-13)19-11-10-18-14-8-4-5-9-16(14)23(25)26/h1-9,12,18H,10-11H2,(H,19,24). The first kappa shape index (κ1) is 17.1. The predicted molar refractivity (Wildman–Crippen MR) is 95.3 cm³/mol. The number of hydrogen-bond acceptors (Lipinski definition) is 6. The number of aromatic nitrogens is 3. The molecule has 0 aliphatic rings.